The summed E-state index contributed by atoms with van der Waals surface area (Å²) in [6.45, 7) is 0.660. The number of benzene rings is 1. The van der Waals surface area contributed by atoms with E-state index in [1.54, 1.807) is 31.4 Å². The Labute approximate surface area is 128 Å². The number of carbonyl (C=O) groups excluding carboxylic acids is 2. The molecule has 1 aromatic carbocycles. The number of halogens is 1. The Morgan fingerprint density at radius 3 is 2.86 bits per heavy atom. The largest absolute Gasteiger partial charge is 0.491 e. The summed E-state index contributed by atoms with van der Waals surface area (Å²) in [5, 5.41) is 0. The predicted octanol–water partition coefficient (Wildman–Crippen LogP) is 0.750. The van der Waals surface area contributed by atoms with Crippen molar-refractivity contribution in [3.05, 3.63) is 29.8 Å². The fraction of sp³-hybridized carbons (Fsp3) is 0.467. The van der Waals surface area contributed by atoms with Gasteiger partial charge in [-0.05, 0) is 18.2 Å². The van der Waals surface area contributed by atoms with Crippen molar-refractivity contribution in [2.45, 2.75) is 18.6 Å². The normalized spacial score (nSPS) is 20.9. The number of rotatable bonds is 6. The van der Waals surface area contributed by atoms with Crippen LogP contribution < -0.4 is 10.5 Å². The van der Waals surface area contributed by atoms with Crippen LogP contribution in [0.4, 0.5) is 4.39 Å². The van der Waals surface area contributed by atoms with E-state index in [2.05, 4.69) is 0 Å². The van der Waals surface area contributed by atoms with Crippen LogP contribution in [-0.2, 0) is 9.53 Å². The second-order valence-electron chi connectivity index (χ2n) is 5.08. The molecular weight excluding hydrogens is 291 g/mol. The first-order chi connectivity index (χ1) is 10.5. The number of methoxy groups -OCH3 is 1. The third-order valence-electron chi connectivity index (χ3n) is 3.48. The lowest BCUT2D eigenvalue weighted by Gasteiger charge is -2.22. The summed E-state index contributed by atoms with van der Waals surface area (Å²) in [6.07, 6.45) is -1.28. The average Bonchev–Trinajstić information content (AvgIpc) is 2.89. The van der Waals surface area contributed by atoms with Crippen molar-refractivity contribution in [1.29, 1.82) is 0 Å². The van der Waals surface area contributed by atoms with Crippen molar-refractivity contribution in [3.63, 3.8) is 0 Å². The maximum atomic E-state index is 13.5. The van der Waals surface area contributed by atoms with E-state index < -0.39 is 24.0 Å². The van der Waals surface area contributed by atoms with E-state index in [-0.39, 0.29) is 13.0 Å². The van der Waals surface area contributed by atoms with Gasteiger partial charge < -0.3 is 20.1 Å². The zero-order valence-electron chi connectivity index (χ0n) is 12.3. The Morgan fingerprint density at radius 1 is 1.41 bits per heavy atom. The van der Waals surface area contributed by atoms with Crippen molar-refractivity contribution < 1.29 is 23.5 Å². The molecule has 1 aromatic rings. The van der Waals surface area contributed by atoms with Gasteiger partial charge in [-0.15, -0.1) is 0 Å². The van der Waals surface area contributed by atoms with Crippen molar-refractivity contribution >= 4 is 11.8 Å². The van der Waals surface area contributed by atoms with Gasteiger partial charge in [0.2, 0.25) is 5.91 Å². The number of carbonyl (C=O) groups is 2. The molecule has 0 aliphatic carbocycles. The molecule has 1 fully saturated rings. The zero-order chi connectivity index (χ0) is 16.1. The van der Waals surface area contributed by atoms with Gasteiger partial charge in [0.25, 0.3) is 5.91 Å². The summed E-state index contributed by atoms with van der Waals surface area (Å²) in [6, 6.07) is 5.62. The van der Waals surface area contributed by atoms with Gasteiger partial charge in [-0.25, -0.2) is 4.39 Å². The number of nitrogens with zero attached hydrogens (tertiary/aromatic N) is 1. The number of primary amides is 1. The molecule has 1 heterocycles. The molecule has 1 saturated heterocycles. The Kier molecular flexibility index (Phi) is 5.32. The number of hydrogen-bond donors (Lipinski definition) is 1. The molecule has 0 aromatic heterocycles. The van der Waals surface area contributed by atoms with Gasteiger partial charge in [0.15, 0.2) is 0 Å². The second kappa shape index (κ2) is 7.22. The molecule has 1 aliphatic rings. The average molecular weight is 310 g/mol. The lowest BCUT2D eigenvalue weighted by atomic mass is 10.1. The van der Waals surface area contributed by atoms with Crippen LogP contribution in [-0.4, -0.2) is 55.8 Å². The van der Waals surface area contributed by atoms with Crippen LogP contribution in [0.1, 0.15) is 16.8 Å². The maximum absolute atomic E-state index is 13.5. The van der Waals surface area contributed by atoms with Crippen molar-refractivity contribution in [1.82, 2.24) is 4.90 Å². The van der Waals surface area contributed by atoms with Crippen LogP contribution in [0.5, 0.6) is 5.75 Å². The molecule has 1 aliphatic heterocycles. The van der Waals surface area contributed by atoms with Gasteiger partial charge >= 0.3 is 0 Å². The zero-order valence-corrected chi connectivity index (χ0v) is 12.3. The highest BCUT2D eigenvalue weighted by Crippen LogP contribution is 2.24. The first-order valence-corrected chi connectivity index (χ1v) is 6.99. The van der Waals surface area contributed by atoms with E-state index in [9.17, 15) is 14.0 Å². The van der Waals surface area contributed by atoms with Crippen molar-refractivity contribution in [2.75, 3.05) is 26.9 Å². The minimum Gasteiger partial charge on any atom is -0.491 e. The molecule has 0 spiro atoms. The third-order valence-corrected chi connectivity index (χ3v) is 3.48. The van der Waals surface area contributed by atoms with E-state index >= 15 is 0 Å². The number of alkyl halides is 1. The number of amides is 2. The summed E-state index contributed by atoms with van der Waals surface area (Å²) in [7, 11) is 1.56. The summed E-state index contributed by atoms with van der Waals surface area (Å²) in [5.41, 5.74) is 5.57. The lowest BCUT2D eigenvalue weighted by molar-refractivity contribution is -0.121. The van der Waals surface area contributed by atoms with Gasteiger partial charge in [-0.3, -0.25) is 9.59 Å². The van der Waals surface area contributed by atoms with E-state index in [1.165, 1.54) is 4.90 Å². The number of hydrogen-bond acceptors (Lipinski definition) is 4. The fourth-order valence-corrected chi connectivity index (χ4v) is 2.41. The number of ether oxygens (including phenoxy) is 2. The molecule has 0 bridgehead atoms. The highest BCUT2D eigenvalue weighted by molar-refractivity contribution is 5.98. The van der Waals surface area contributed by atoms with Gasteiger partial charge in [0, 0.05) is 19.1 Å². The van der Waals surface area contributed by atoms with E-state index in [0.29, 0.717) is 24.5 Å². The minimum absolute atomic E-state index is 0.0505. The maximum Gasteiger partial charge on any atom is 0.254 e. The van der Waals surface area contributed by atoms with Crippen LogP contribution in [0.2, 0.25) is 0 Å². The monoisotopic (exact) mass is 310 g/mol. The SMILES string of the molecule is COCCOc1cccc(C(=O)N2C[C@H](F)C[C@H]2C(N)=O)c1. The first-order valence-electron chi connectivity index (χ1n) is 6.99. The topological polar surface area (TPSA) is 81.9 Å². The third kappa shape index (κ3) is 3.73. The van der Waals surface area contributed by atoms with Gasteiger partial charge in [0.1, 0.15) is 24.6 Å². The van der Waals surface area contributed by atoms with Gasteiger partial charge in [-0.2, -0.15) is 0 Å². The molecular formula is C15H19FN2O4. The molecule has 2 amide bonds. The predicted molar refractivity (Wildman–Crippen MR) is 77.3 cm³/mol. The van der Waals surface area contributed by atoms with E-state index in [0.717, 1.165) is 0 Å². The molecule has 6 nitrogen and oxygen atoms in total. The van der Waals surface area contributed by atoms with Crippen molar-refractivity contribution in [2.24, 2.45) is 5.73 Å². The molecule has 0 radical (unpaired) electrons. The molecule has 2 N–H and O–H groups in total. The molecule has 7 heteroatoms. The molecule has 120 valence electrons. The molecule has 0 unspecified atom stereocenters. The number of nitrogens with two attached hydrogens (primary N) is 1. The summed E-state index contributed by atoms with van der Waals surface area (Å²) < 4.78 is 23.8. The minimum atomic E-state index is -1.23. The quantitative estimate of drug-likeness (QED) is 0.786. The van der Waals surface area contributed by atoms with Crippen LogP contribution in [0.3, 0.4) is 0 Å². The number of likely N-dealkylation sites (tertiary alicyclic amines) is 1. The highest BCUT2D eigenvalue weighted by atomic mass is 19.1. The molecule has 2 rings (SSSR count). The van der Waals surface area contributed by atoms with Gasteiger partial charge in [0.05, 0.1) is 13.2 Å². The van der Waals surface area contributed by atoms with Crippen LogP contribution >= 0.6 is 0 Å². The fourth-order valence-electron chi connectivity index (χ4n) is 2.41. The van der Waals surface area contributed by atoms with Gasteiger partial charge in [-0.1, -0.05) is 6.07 Å². The molecule has 22 heavy (non-hydrogen) atoms. The summed E-state index contributed by atoms with van der Waals surface area (Å²) in [5.74, 6) is -0.614. The Bertz CT molecular complexity index is 552. The van der Waals surface area contributed by atoms with E-state index in [4.69, 9.17) is 15.2 Å². The molecule has 0 saturated carbocycles. The first kappa shape index (κ1) is 16.2. The standard InChI is InChI=1S/C15H19FN2O4/c1-21-5-6-22-12-4-2-3-10(7-12)15(20)18-9-11(16)8-13(18)14(17)19/h2-4,7,11,13H,5-6,8-9H2,1H3,(H2,17,19)/t11-,13+/m1/s1. The summed E-state index contributed by atoms with van der Waals surface area (Å²) >= 11 is 0. The van der Waals surface area contributed by atoms with Crippen LogP contribution in [0.15, 0.2) is 24.3 Å². The Balaban J connectivity index is 2.11. The van der Waals surface area contributed by atoms with E-state index in [1.807, 2.05) is 0 Å². The smallest absolute Gasteiger partial charge is 0.254 e. The highest BCUT2D eigenvalue weighted by Gasteiger charge is 2.39. The van der Waals surface area contributed by atoms with Crippen LogP contribution in [0, 0.1) is 0 Å². The Hall–Kier alpha value is -2.15. The lowest BCUT2D eigenvalue weighted by Crippen LogP contribution is -2.43. The summed E-state index contributed by atoms with van der Waals surface area (Å²) in [4.78, 5) is 25.0. The van der Waals surface area contributed by atoms with Crippen LogP contribution in [0.25, 0.3) is 0 Å². The second-order valence-corrected chi connectivity index (χ2v) is 5.08. The molecule has 2 atom stereocenters. The Morgan fingerprint density at radius 2 is 2.18 bits per heavy atom. The van der Waals surface area contributed by atoms with Crippen molar-refractivity contribution in [3.8, 4) is 5.75 Å².